The van der Waals surface area contributed by atoms with E-state index in [-0.39, 0.29) is 23.8 Å². The van der Waals surface area contributed by atoms with E-state index in [9.17, 15) is 8.78 Å². The number of benzene rings is 2. The Hall–Kier alpha value is -2.87. The van der Waals surface area contributed by atoms with Crippen LogP contribution in [0, 0.1) is 11.6 Å². The maximum Gasteiger partial charge on any atom is 0.130 e. The van der Waals surface area contributed by atoms with Crippen LogP contribution in [-0.4, -0.2) is 43.4 Å². The molecule has 1 saturated heterocycles. The second kappa shape index (κ2) is 10.8. The summed E-state index contributed by atoms with van der Waals surface area (Å²) in [5.74, 6) is -0.0980. The first-order valence-electron chi connectivity index (χ1n) is 11.2. The maximum atomic E-state index is 13.7. The Morgan fingerprint density at radius 2 is 2.09 bits per heavy atom. The minimum Gasteiger partial charge on any atom is -0.497 e. The molecule has 1 aliphatic heterocycles. The van der Waals surface area contributed by atoms with Gasteiger partial charge in [-0.1, -0.05) is 12.2 Å². The van der Waals surface area contributed by atoms with Crippen molar-refractivity contribution in [1.82, 2.24) is 10.3 Å². The molecule has 1 aliphatic rings. The van der Waals surface area contributed by atoms with E-state index >= 15 is 0 Å². The van der Waals surface area contributed by atoms with Gasteiger partial charge in [0.25, 0.3) is 0 Å². The van der Waals surface area contributed by atoms with Crippen molar-refractivity contribution in [2.24, 2.45) is 5.73 Å². The number of halogens is 2. The molecule has 174 valence electrons. The molecule has 2 heterocycles. The lowest BCUT2D eigenvalue weighted by Crippen LogP contribution is -2.47. The van der Waals surface area contributed by atoms with Crippen molar-refractivity contribution in [3.05, 3.63) is 77.5 Å². The van der Waals surface area contributed by atoms with Crippen molar-refractivity contribution in [3.8, 4) is 5.75 Å². The van der Waals surface area contributed by atoms with Crippen LogP contribution in [0.1, 0.15) is 24.0 Å². The van der Waals surface area contributed by atoms with Gasteiger partial charge < -0.3 is 20.5 Å². The zero-order valence-electron chi connectivity index (χ0n) is 18.6. The highest BCUT2D eigenvalue weighted by molar-refractivity contribution is 5.83. The summed E-state index contributed by atoms with van der Waals surface area (Å²) in [6.45, 7) is 1.11. The van der Waals surface area contributed by atoms with Gasteiger partial charge in [0.1, 0.15) is 17.4 Å². The number of methoxy groups -OCH3 is 1. The van der Waals surface area contributed by atoms with Crippen molar-refractivity contribution in [2.75, 3.05) is 20.3 Å². The molecule has 0 aliphatic carbocycles. The number of ether oxygens (including phenoxy) is 2. The van der Waals surface area contributed by atoms with Crippen molar-refractivity contribution in [3.63, 3.8) is 0 Å². The van der Waals surface area contributed by atoms with Gasteiger partial charge in [-0.05, 0) is 67.3 Å². The molecule has 5 nitrogen and oxygen atoms in total. The van der Waals surface area contributed by atoms with E-state index in [2.05, 4.69) is 10.3 Å². The van der Waals surface area contributed by atoms with E-state index in [0.29, 0.717) is 19.6 Å². The second-order valence-corrected chi connectivity index (χ2v) is 8.34. The molecule has 0 spiro atoms. The lowest BCUT2D eigenvalue weighted by atomic mass is 9.94. The number of hydrogen-bond donors (Lipinski definition) is 2. The summed E-state index contributed by atoms with van der Waals surface area (Å²) in [5, 5.41) is 4.43. The third kappa shape index (κ3) is 5.93. The Kier molecular flexibility index (Phi) is 7.65. The standard InChI is InChI=1S/C26H29F2N3O2/c1-32-21-6-8-25-22(15-21)17(10-12-31-25)14-24(29)26-9-5-20(16-33-26)30-11-2-3-18-13-19(27)4-7-23(18)28/h2-4,6-8,10,12-13,15,20,24,26,30H,5,9,11,14,16,29H2,1H3/b3-2+/t20-,24-,26+/m1/s1. The summed E-state index contributed by atoms with van der Waals surface area (Å²) in [4.78, 5) is 4.43. The van der Waals surface area contributed by atoms with Gasteiger partial charge in [-0.15, -0.1) is 0 Å². The van der Waals surface area contributed by atoms with Crippen LogP contribution in [0.4, 0.5) is 8.78 Å². The van der Waals surface area contributed by atoms with Crippen molar-refractivity contribution >= 4 is 17.0 Å². The predicted octanol–water partition coefficient (Wildman–Crippen LogP) is 4.24. The van der Waals surface area contributed by atoms with Gasteiger partial charge in [0, 0.05) is 35.8 Å². The summed E-state index contributed by atoms with van der Waals surface area (Å²) in [6.07, 6.45) is 7.64. The minimum atomic E-state index is -0.453. The largest absolute Gasteiger partial charge is 0.497 e. The van der Waals surface area contributed by atoms with Crippen LogP contribution in [0.3, 0.4) is 0 Å². The highest BCUT2D eigenvalue weighted by Crippen LogP contribution is 2.25. The molecule has 0 bridgehead atoms. The molecule has 3 N–H and O–H groups in total. The van der Waals surface area contributed by atoms with Crippen LogP contribution in [0.5, 0.6) is 5.75 Å². The first-order valence-corrected chi connectivity index (χ1v) is 11.2. The second-order valence-electron chi connectivity index (χ2n) is 8.34. The average Bonchev–Trinajstić information content (AvgIpc) is 2.84. The zero-order valence-corrected chi connectivity index (χ0v) is 18.6. The Balaban J connectivity index is 1.27. The molecular formula is C26H29F2N3O2. The van der Waals surface area contributed by atoms with Gasteiger partial charge in [-0.2, -0.15) is 0 Å². The number of nitrogens with zero attached hydrogens (tertiary/aromatic N) is 1. The minimum absolute atomic E-state index is 0.0196. The van der Waals surface area contributed by atoms with E-state index in [1.807, 2.05) is 30.5 Å². The highest BCUT2D eigenvalue weighted by atomic mass is 19.1. The van der Waals surface area contributed by atoms with E-state index in [4.69, 9.17) is 15.2 Å². The van der Waals surface area contributed by atoms with Crippen LogP contribution in [0.25, 0.3) is 17.0 Å². The summed E-state index contributed by atoms with van der Waals surface area (Å²) in [6, 6.07) is 11.3. The van der Waals surface area contributed by atoms with E-state index in [1.165, 1.54) is 6.07 Å². The van der Waals surface area contributed by atoms with Gasteiger partial charge in [0.15, 0.2) is 0 Å². The van der Waals surface area contributed by atoms with Crippen LogP contribution in [0.2, 0.25) is 0 Å². The van der Waals surface area contributed by atoms with Crippen LogP contribution in [0.15, 0.2) is 54.7 Å². The van der Waals surface area contributed by atoms with Crippen molar-refractivity contribution < 1.29 is 18.3 Å². The Bertz CT molecular complexity index is 1110. The normalized spacial score (nSPS) is 19.8. The van der Waals surface area contributed by atoms with Crippen molar-refractivity contribution in [1.29, 1.82) is 0 Å². The van der Waals surface area contributed by atoms with E-state index in [0.717, 1.165) is 47.2 Å². The molecule has 3 atom stereocenters. The molecule has 1 fully saturated rings. The first-order chi connectivity index (χ1) is 16.0. The predicted molar refractivity (Wildman–Crippen MR) is 126 cm³/mol. The molecule has 2 aromatic carbocycles. The number of rotatable bonds is 8. The molecule has 1 aromatic heterocycles. The van der Waals surface area contributed by atoms with Crippen LogP contribution >= 0.6 is 0 Å². The summed E-state index contributed by atoms with van der Waals surface area (Å²) in [7, 11) is 1.65. The summed E-state index contributed by atoms with van der Waals surface area (Å²) >= 11 is 0. The van der Waals surface area contributed by atoms with E-state index < -0.39 is 11.6 Å². The van der Waals surface area contributed by atoms with Crippen LogP contribution in [-0.2, 0) is 11.2 Å². The number of pyridine rings is 1. The third-order valence-corrected chi connectivity index (χ3v) is 6.06. The molecule has 0 radical (unpaired) electrons. The number of aromatic nitrogens is 1. The molecule has 0 unspecified atom stereocenters. The topological polar surface area (TPSA) is 69.4 Å². The smallest absolute Gasteiger partial charge is 0.130 e. The molecule has 33 heavy (non-hydrogen) atoms. The van der Waals surface area contributed by atoms with Gasteiger partial charge >= 0.3 is 0 Å². The van der Waals surface area contributed by atoms with Gasteiger partial charge in [-0.25, -0.2) is 8.78 Å². The monoisotopic (exact) mass is 453 g/mol. The molecule has 0 amide bonds. The lowest BCUT2D eigenvalue weighted by molar-refractivity contribution is -0.0156. The molecule has 3 aromatic rings. The number of hydrogen-bond acceptors (Lipinski definition) is 5. The van der Waals surface area contributed by atoms with E-state index in [1.54, 1.807) is 19.3 Å². The van der Waals surface area contributed by atoms with Crippen molar-refractivity contribution in [2.45, 2.75) is 37.5 Å². The fraction of sp³-hybridized carbons (Fsp3) is 0.346. The van der Waals surface area contributed by atoms with Gasteiger partial charge in [-0.3, -0.25) is 4.98 Å². The van der Waals surface area contributed by atoms with Gasteiger partial charge in [0.2, 0.25) is 0 Å². The highest BCUT2D eigenvalue weighted by Gasteiger charge is 2.26. The molecule has 4 rings (SSSR count). The third-order valence-electron chi connectivity index (χ3n) is 6.06. The Morgan fingerprint density at radius 3 is 2.88 bits per heavy atom. The average molecular weight is 454 g/mol. The number of nitrogens with two attached hydrogens (primary N) is 1. The number of fused-ring (bicyclic) bond motifs is 1. The SMILES string of the molecule is COc1ccc2nccc(C[C@@H](N)[C@@H]3CC[C@@H](NC/C=C/c4cc(F)ccc4F)CO3)c2c1. The van der Waals surface area contributed by atoms with Crippen LogP contribution < -0.4 is 15.8 Å². The Morgan fingerprint density at radius 1 is 1.21 bits per heavy atom. The zero-order chi connectivity index (χ0) is 23.2. The fourth-order valence-corrected chi connectivity index (χ4v) is 4.21. The fourth-order valence-electron chi connectivity index (χ4n) is 4.21. The molecule has 7 heteroatoms. The maximum absolute atomic E-state index is 13.7. The van der Waals surface area contributed by atoms with Gasteiger partial charge in [0.05, 0.1) is 25.3 Å². The summed E-state index contributed by atoms with van der Waals surface area (Å²) < 4.78 is 38.3. The Labute approximate surface area is 192 Å². The number of nitrogens with one attached hydrogen (secondary N) is 1. The summed E-state index contributed by atoms with van der Waals surface area (Å²) in [5.41, 5.74) is 8.81. The molecular weight excluding hydrogens is 424 g/mol. The lowest BCUT2D eigenvalue weighted by Gasteiger charge is -2.33. The molecule has 0 saturated carbocycles. The first kappa shape index (κ1) is 23.3. The quantitative estimate of drug-likeness (QED) is 0.534.